The van der Waals surface area contributed by atoms with Crippen LogP contribution in [0.15, 0.2) is 32.8 Å². The van der Waals surface area contributed by atoms with Crippen molar-refractivity contribution in [2.45, 2.75) is 17.3 Å². The van der Waals surface area contributed by atoms with Crippen LogP contribution in [-0.4, -0.2) is 34.3 Å². The van der Waals surface area contributed by atoms with E-state index in [1.165, 1.54) is 18.4 Å². The zero-order chi connectivity index (χ0) is 18.0. The van der Waals surface area contributed by atoms with E-state index in [1.54, 1.807) is 18.3 Å². The first-order chi connectivity index (χ1) is 12.0. The van der Waals surface area contributed by atoms with Crippen LogP contribution in [0.3, 0.4) is 0 Å². The van der Waals surface area contributed by atoms with Crippen LogP contribution in [0.1, 0.15) is 6.92 Å². The number of nitrogens with zero attached hydrogens (tertiary/aromatic N) is 1. The van der Waals surface area contributed by atoms with E-state index in [0.717, 1.165) is 22.2 Å². The molecule has 3 heterocycles. The second kappa shape index (κ2) is 7.38. The molecule has 10 heteroatoms. The fourth-order valence-corrected chi connectivity index (χ4v) is 4.69. The van der Waals surface area contributed by atoms with Crippen molar-refractivity contribution in [3.8, 4) is 10.4 Å². The van der Waals surface area contributed by atoms with E-state index in [4.69, 9.17) is 0 Å². The highest BCUT2D eigenvalue weighted by atomic mass is 32.2. The molecule has 7 nitrogen and oxygen atoms in total. The molecule has 2 N–H and O–H groups in total. The van der Waals surface area contributed by atoms with Crippen molar-refractivity contribution in [2.24, 2.45) is 0 Å². The summed E-state index contributed by atoms with van der Waals surface area (Å²) in [4.78, 5) is 44.2. The number of carbonyl (C=O) groups excluding carboxylic acids is 2. The molecule has 0 saturated carbocycles. The largest absolute Gasteiger partial charge is 0.453 e. The predicted octanol–water partition coefficient (Wildman–Crippen LogP) is 3.08. The molecule has 25 heavy (non-hydrogen) atoms. The molecule has 0 unspecified atom stereocenters. The molecule has 0 radical (unpaired) electrons. The average Bonchev–Trinajstić information content (AvgIpc) is 3.23. The molecule has 0 bridgehead atoms. The van der Waals surface area contributed by atoms with Gasteiger partial charge < -0.3 is 9.72 Å². The highest BCUT2D eigenvalue weighted by Crippen LogP contribution is 2.34. The highest BCUT2D eigenvalue weighted by Gasteiger charge is 2.20. The zero-order valence-corrected chi connectivity index (χ0v) is 15.6. The number of hydrogen-bond donors (Lipinski definition) is 2. The number of thiophene rings is 2. The minimum Gasteiger partial charge on any atom is -0.453 e. The summed E-state index contributed by atoms with van der Waals surface area (Å²) in [7, 11) is 1.18. The van der Waals surface area contributed by atoms with Gasteiger partial charge in [-0.25, -0.2) is 9.78 Å². The van der Waals surface area contributed by atoms with Gasteiger partial charge in [0.15, 0.2) is 5.16 Å². The van der Waals surface area contributed by atoms with Crippen LogP contribution >= 0.6 is 34.4 Å². The minimum absolute atomic E-state index is 0.252. The van der Waals surface area contributed by atoms with E-state index in [-0.39, 0.29) is 5.56 Å². The third-order valence-corrected chi connectivity index (χ3v) is 6.04. The molecule has 0 spiro atoms. The maximum absolute atomic E-state index is 12.5. The number of H-pyrrole nitrogens is 1. The molecular weight excluding hydrogens is 382 g/mol. The van der Waals surface area contributed by atoms with Gasteiger partial charge in [0.25, 0.3) is 5.56 Å². The number of nitrogens with one attached hydrogen (secondary N) is 2. The van der Waals surface area contributed by atoms with Crippen LogP contribution in [0, 0.1) is 0 Å². The Morgan fingerprint density at radius 2 is 2.20 bits per heavy atom. The summed E-state index contributed by atoms with van der Waals surface area (Å²) in [5.74, 6) is -0.523. The van der Waals surface area contributed by atoms with Crippen molar-refractivity contribution >= 4 is 56.7 Å². The predicted molar refractivity (Wildman–Crippen MR) is 99.4 cm³/mol. The number of amides is 2. The molecule has 0 saturated heterocycles. The second-order valence-corrected chi connectivity index (χ2v) is 8.05. The highest BCUT2D eigenvalue weighted by molar-refractivity contribution is 8.00. The standard InChI is InChI=1S/C15H13N3O4S3/c1-7(11(19)17-15(21)22-2)25-14-16-12(20)10-8(6-24-13(10)18-14)9-4-3-5-23-9/h3-7H,1-2H3,(H,16,18,20)(H,17,19,21)/t7-/m0/s1. The molecule has 1 atom stereocenters. The van der Waals surface area contributed by atoms with E-state index in [1.807, 2.05) is 22.9 Å². The molecule has 2 amide bonds. The second-order valence-electron chi connectivity index (χ2n) is 4.92. The Labute approximate surface area is 154 Å². The lowest BCUT2D eigenvalue weighted by atomic mass is 10.2. The maximum atomic E-state index is 12.5. The Morgan fingerprint density at radius 3 is 2.88 bits per heavy atom. The van der Waals surface area contributed by atoms with Crippen molar-refractivity contribution in [3.05, 3.63) is 33.2 Å². The maximum Gasteiger partial charge on any atom is 0.413 e. The van der Waals surface area contributed by atoms with Gasteiger partial charge in [-0.2, -0.15) is 0 Å². The molecule has 0 aliphatic carbocycles. The van der Waals surface area contributed by atoms with Gasteiger partial charge in [0.1, 0.15) is 4.83 Å². The van der Waals surface area contributed by atoms with E-state index in [0.29, 0.717) is 15.4 Å². The number of aromatic amines is 1. The number of thioether (sulfide) groups is 1. The van der Waals surface area contributed by atoms with Crippen molar-refractivity contribution in [1.29, 1.82) is 0 Å². The molecule has 0 aliphatic rings. The fraction of sp³-hybridized carbons (Fsp3) is 0.200. The Balaban J connectivity index is 1.86. The molecule has 0 aliphatic heterocycles. The SMILES string of the molecule is COC(=O)NC(=O)[C@H](C)Sc1nc2scc(-c3cccs3)c2c(=O)[nH]1. The number of imide groups is 1. The van der Waals surface area contributed by atoms with Crippen LogP contribution in [0.2, 0.25) is 0 Å². The Bertz CT molecular complexity index is 978. The summed E-state index contributed by atoms with van der Waals surface area (Å²) in [6, 6.07) is 3.88. The van der Waals surface area contributed by atoms with E-state index >= 15 is 0 Å². The fourth-order valence-electron chi connectivity index (χ4n) is 2.07. The number of carbonyl (C=O) groups is 2. The normalized spacial score (nSPS) is 12.1. The summed E-state index contributed by atoms with van der Waals surface area (Å²) in [6.07, 6.45) is -0.826. The number of fused-ring (bicyclic) bond motifs is 1. The Kier molecular flexibility index (Phi) is 5.21. The van der Waals surface area contributed by atoms with Crippen LogP contribution in [0.5, 0.6) is 0 Å². The molecule has 3 aromatic rings. The number of methoxy groups -OCH3 is 1. The number of alkyl carbamates (subject to hydrolysis) is 1. The van der Waals surface area contributed by atoms with Gasteiger partial charge in [-0.15, -0.1) is 22.7 Å². The van der Waals surface area contributed by atoms with E-state index in [9.17, 15) is 14.4 Å². The van der Waals surface area contributed by atoms with Gasteiger partial charge >= 0.3 is 6.09 Å². The number of ether oxygens (including phenoxy) is 1. The van der Waals surface area contributed by atoms with Crippen molar-refractivity contribution in [1.82, 2.24) is 15.3 Å². The molecule has 3 aromatic heterocycles. The molecule has 3 rings (SSSR count). The van der Waals surface area contributed by atoms with Crippen LogP contribution in [-0.2, 0) is 9.53 Å². The van der Waals surface area contributed by atoms with Gasteiger partial charge in [-0.3, -0.25) is 14.9 Å². The molecule has 0 fully saturated rings. The first-order valence-electron chi connectivity index (χ1n) is 7.10. The topological polar surface area (TPSA) is 101 Å². The first-order valence-corrected chi connectivity index (χ1v) is 9.74. The van der Waals surface area contributed by atoms with Crippen molar-refractivity contribution in [2.75, 3.05) is 7.11 Å². The lowest BCUT2D eigenvalue weighted by Crippen LogP contribution is -2.36. The van der Waals surface area contributed by atoms with Crippen LogP contribution in [0.4, 0.5) is 4.79 Å². The summed E-state index contributed by atoms with van der Waals surface area (Å²) in [6.45, 7) is 1.61. The van der Waals surface area contributed by atoms with Crippen LogP contribution < -0.4 is 10.9 Å². The molecular formula is C15H13N3O4S3. The number of hydrogen-bond acceptors (Lipinski definition) is 8. The first kappa shape index (κ1) is 17.6. The van der Waals surface area contributed by atoms with Gasteiger partial charge in [0.2, 0.25) is 5.91 Å². The Hall–Kier alpha value is -2.17. The summed E-state index contributed by atoms with van der Waals surface area (Å²) in [5, 5.41) is 6.18. The smallest absolute Gasteiger partial charge is 0.413 e. The monoisotopic (exact) mass is 395 g/mol. The number of rotatable bonds is 4. The van der Waals surface area contributed by atoms with Crippen LogP contribution in [0.25, 0.3) is 20.7 Å². The van der Waals surface area contributed by atoms with E-state index < -0.39 is 17.3 Å². The quantitative estimate of drug-likeness (QED) is 0.520. The van der Waals surface area contributed by atoms with Crippen molar-refractivity contribution in [3.63, 3.8) is 0 Å². The zero-order valence-electron chi connectivity index (χ0n) is 13.2. The Morgan fingerprint density at radius 1 is 1.40 bits per heavy atom. The lowest BCUT2D eigenvalue weighted by Gasteiger charge is -2.09. The van der Waals surface area contributed by atoms with Gasteiger partial charge in [0, 0.05) is 15.8 Å². The summed E-state index contributed by atoms with van der Waals surface area (Å²) in [5.41, 5.74) is 0.606. The minimum atomic E-state index is -0.826. The third-order valence-electron chi connectivity index (χ3n) is 3.28. The van der Waals surface area contributed by atoms with Gasteiger partial charge in [0.05, 0.1) is 17.7 Å². The summed E-state index contributed by atoms with van der Waals surface area (Å²) < 4.78 is 4.39. The van der Waals surface area contributed by atoms with Gasteiger partial charge in [-0.1, -0.05) is 17.8 Å². The van der Waals surface area contributed by atoms with Gasteiger partial charge in [-0.05, 0) is 18.4 Å². The number of aromatic nitrogens is 2. The van der Waals surface area contributed by atoms with Crippen molar-refractivity contribution < 1.29 is 14.3 Å². The van der Waals surface area contributed by atoms with E-state index in [2.05, 4.69) is 20.0 Å². The average molecular weight is 395 g/mol. The summed E-state index contributed by atoms with van der Waals surface area (Å²) >= 11 is 4.00. The third kappa shape index (κ3) is 3.75. The lowest BCUT2D eigenvalue weighted by molar-refractivity contribution is -0.119. The molecule has 130 valence electrons. The molecule has 0 aromatic carbocycles.